The molecule has 1 N–H and O–H groups in total. The molecule has 0 fully saturated rings. The van der Waals surface area contributed by atoms with Crippen LogP contribution in [0.25, 0.3) is 0 Å². The Labute approximate surface area is 150 Å². The molecule has 0 bridgehead atoms. The van der Waals surface area contributed by atoms with Crippen molar-refractivity contribution in [2.75, 3.05) is 17.3 Å². The molecule has 0 amide bonds. The fourth-order valence-electron chi connectivity index (χ4n) is 2.40. The van der Waals surface area contributed by atoms with Gasteiger partial charge in [-0.2, -0.15) is 4.98 Å². The molecule has 3 aromatic rings. The normalized spacial score (nSPS) is 10.5. The zero-order valence-electron chi connectivity index (χ0n) is 13.9. The van der Waals surface area contributed by atoms with Crippen LogP contribution in [-0.4, -0.2) is 17.0 Å². The first kappa shape index (κ1) is 16.5. The Kier molecular flexibility index (Phi) is 4.81. The van der Waals surface area contributed by atoms with E-state index in [1.165, 1.54) is 5.56 Å². The van der Waals surface area contributed by atoms with Gasteiger partial charge < -0.3 is 10.2 Å². The van der Waals surface area contributed by atoms with Gasteiger partial charge >= 0.3 is 0 Å². The van der Waals surface area contributed by atoms with Crippen molar-refractivity contribution in [2.45, 2.75) is 13.8 Å². The molecule has 3 rings (SSSR count). The molecule has 0 saturated carbocycles. The SMILES string of the molecule is Cc1cc(Nc2ccc(Br)c(C)c2)nc(N(C)c2ccccc2)n1. The number of rotatable bonds is 4. The molecular formula is C19H19BrN4. The Morgan fingerprint density at radius 2 is 1.71 bits per heavy atom. The van der Waals surface area contributed by atoms with Crippen LogP contribution in [0.5, 0.6) is 0 Å². The molecule has 0 radical (unpaired) electrons. The lowest BCUT2D eigenvalue weighted by molar-refractivity contribution is 1.02. The molecular weight excluding hydrogens is 364 g/mol. The number of nitrogens with one attached hydrogen (secondary N) is 1. The Morgan fingerprint density at radius 1 is 0.958 bits per heavy atom. The summed E-state index contributed by atoms with van der Waals surface area (Å²) in [5.41, 5.74) is 4.14. The van der Waals surface area contributed by atoms with Crippen LogP contribution >= 0.6 is 15.9 Å². The first-order valence-electron chi connectivity index (χ1n) is 7.70. The van der Waals surface area contributed by atoms with Crippen molar-refractivity contribution in [1.29, 1.82) is 0 Å². The van der Waals surface area contributed by atoms with Crippen molar-refractivity contribution in [3.63, 3.8) is 0 Å². The first-order valence-corrected chi connectivity index (χ1v) is 8.50. The van der Waals surface area contributed by atoms with Gasteiger partial charge in [0.1, 0.15) is 5.82 Å². The Balaban J connectivity index is 1.90. The van der Waals surface area contributed by atoms with Crippen LogP contribution in [0.3, 0.4) is 0 Å². The van der Waals surface area contributed by atoms with Crippen LogP contribution in [0.1, 0.15) is 11.3 Å². The maximum absolute atomic E-state index is 4.65. The average Bonchev–Trinajstić information content (AvgIpc) is 2.58. The van der Waals surface area contributed by atoms with E-state index in [1.54, 1.807) is 0 Å². The van der Waals surface area contributed by atoms with Crippen molar-refractivity contribution in [3.05, 3.63) is 70.3 Å². The summed E-state index contributed by atoms with van der Waals surface area (Å²) < 4.78 is 1.09. The smallest absolute Gasteiger partial charge is 0.231 e. The summed E-state index contributed by atoms with van der Waals surface area (Å²) in [6.07, 6.45) is 0. The first-order chi connectivity index (χ1) is 11.5. The van der Waals surface area contributed by atoms with Gasteiger partial charge in [-0.05, 0) is 49.7 Å². The van der Waals surface area contributed by atoms with Gasteiger partial charge in [0.15, 0.2) is 0 Å². The van der Waals surface area contributed by atoms with Crippen LogP contribution in [0.4, 0.5) is 23.1 Å². The number of aryl methyl sites for hydroxylation is 2. The topological polar surface area (TPSA) is 41.1 Å². The molecule has 4 nitrogen and oxygen atoms in total. The van der Waals surface area contributed by atoms with Crippen molar-refractivity contribution in [1.82, 2.24) is 9.97 Å². The molecule has 2 aromatic carbocycles. The predicted octanol–water partition coefficient (Wildman–Crippen LogP) is 5.37. The molecule has 5 heteroatoms. The third-order valence-corrected chi connectivity index (χ3v) is 4.61. The van der Waals surface area contributed by atoms with Crippen molar-refractivity contribution in [3.8, 4) is 0 Å². The van der Waals surface area contributed by atoms with E-state index in [4.69, 9.17) is 0 Å². The second kappa shape index (κ2) is 7.01. The highest BCUT2D eigenvalue weighted by atomic mass is 79.9. The Hall–Kier alpha value is -2.40. The lowest BCUT2D eigenvalue weighted by Crippen LogP contribution is -2.14. The third kappa shape index (κ3) is 3.74. The number of para-hydroxylation sites is 1. The van der Waals surface area contributed by atoms with Crippen LogP contribution in [0, 0.1) is 13.8 Å². The molecule has 0 unspecified atom stereocenters. The fourth-order valence-corrected chi connectivity index (χ4v) is 2.65. The molecule has 0 atom stereocenters. The lowest BCUT2D eigenvalue weighted by atomic mass is 10.2. The number of benzene rings is 2. The maximum atomic E-state index is 4.65. The quantitative estimate of drug-likeness (QED) is 0.658. The van der Waals surface area contributed by atoms with E-state index in [9.17, 15) is 0 Å². The summed E-state index contributed by atoms with van der Waals surface area (Å²) in [6, 6.07) is 18.2. The van der Waals surface area contributed by atoms with Gasteiger partial charge in [0.2, 0.25) is 5.95 Å². The zero-order chi connectivity index (χ0) is 17.1. The average molecular weight is 383 g/mol. The van der Waals surface area contributed by atoms with Crippen molar-refractivity contribution in [2.24, 2.45) is 0 Å². The molecule has 0 aliphatic heterocycles. The molecule has 1 heterocycles. The predicted molar refractivity (Wildman–Crippen MR) is 103 cm³/mol. The number of halogens is 1. The zero-order valence-corrected chi connectivity index (χ0v) is 15.5. The number of aromatic nitrogens is 2. The summed E-state index contributed by atoms with van der Waals surface area (Å²) in [5.74, 6) is 1.44. The summed E-state index contributed by atoms with van der Waals surface area (Å²) in [5, 5.41) is 3.36. The summed E-state index contributed by atoms with van der Waals surface area (Å²) in [6.45, 7) is 4.04. The van der Waals surface area contributed by atoms with Crippen molar-refractivity contribution < 1.29 is 0 Å². The number of hydrogen-bond acceptors (Lipinski definition) is 4. The van der Waals surface area contributed by atoms with E-state index in [2.05, 4.69) is 44.2 Å². The van der Waals surface area contributed by atoms with Gasteiger partial charge in [-0.1, -0.05) is 34.1 Å². The van der Waals surface area contributed by atoms with Crippen LogP contribution in [-0.2, 0) is 0 Å². The number of hydrogen-bond donors (Lipinski definition) is 1. The molecule has 0 aliphatic rings. The minimum absolute atomic E-state index is 0.664. The van der Waals surface area contributed by atoms with Gasteiger partial charge in [0, 0.05) is 34.7 Å². The summed E-state index contributed by atoms with van der Waals surface area (Å²) in [7, 11) is 1.97. The second-order valence-corrected chi connectivity index (χ2v) is 6.53. The molecule has 122 valence electrons. The highest BCUT2D eigenvalue weighted by Gasteiger charge is 2.09. The highest BCUT2D eigenvalue weighted by molar-refractivity contribution is 9.10. The van der Waals surface area contributed by atoms with Crippen LogP contribution in [0.2, 0.25) is 0 Å². The highest BCUT2D eigenvalue weighted by Crippen LogP contribution is 2.25. The molecule has 0 saturated heterocycles. The molecule has 1 aromatic heterocycles. The second-order valence-electron chi connectivity index (χ2n) is 5.68. The number of anilines is 4. The van der Waals surface area contributed by atoms with E-state index in [1.807, 2.05) is 67.4 Å². The van der Waals surface area contributed by atoms with E-state index < -0.39 is 0 Å². The molecule has 0 spiro atoms. The van der Waals surface area contributed by atoms with E-state index in [0.717, 1.165) is 27.4 Å². The minimum Gasteiger partial charge on any atom is -0.340 e. The van der Waals surface area contributed by atoms with Gasteiger partial charge in [-0.3, -0.25) is 0 Å². The Bertz CT molecular complexity index is 849. The molecule has 0 aliphatic carbocycles. The van der Waals surface area contributed by atoms with E-state index in [-0.39, 0.29) is 0 Å². The van der Waals surface area contributed by atoms with Gasteiger partial charge in [0.25, 0.3) is 0 Å². The van der Waals surface area contributed by atoms with Crippen molar-refractivity contribution >= 4 is 39.1 Å². The van der Waals surface area contributed by atoms with Gasteiger partial charge in [-0.15, -0.1) is 0 Å². The van der Waals surface area contributed by atoms with Gasteiger partial charge in [0.05, 0.1) is 0 Å². The van der Waals surface area contributed by atoms with Crippen LogP contribution in [0.15, 0.2) is 59.1 Å². The largest absolute Gasteiger partial charge is 0.340 e. The number of nitrogens with zero attached hydrogens (tertiary/aromatic N) is 3. The van der Waals surface area contributed by atoms with E-state index >= 15 is 0 Å². The lowest BCUT2D eigenvalue weighted by Gasteiger charge is -2.18. The monoisotopic (exact) mass is 382 g/mol. The standard InChI is InChI=1S/C19H19BrN4/c1-13-11-15(9-10-17(13)20)22-18-12-14(2)21-19(23-18)24(3)16-7-5-4-6-8-16/h4-12H,1-3H3,(H,21,22,23). The minimum atomic E-state index is 0.664. The van der Waals surface area contributed by atoms with Crippen LogP contribution < -0.4 is 10.2 Å². The Morgan fingerprint density at radius 3 is 2.42 bits per heavy atom. The summed E-state index contributed by atoms with van der Waals surface area (Å²) >= 11 is 3.52. The maximum Gasteiger partial charge on any atom is 0.231 e. The third-order valence-electron chi connectivity index (χ3n) is 3.72. The summed E-state index contributed by atoms with van der Waals surface area (Å²) in [4.78, 5) is 11.2. The van der Waals surface area contributed by atoms with E-state index in [0.29, 0.717) is 5.95 Å². The van der Waals surface area contributed by atoms with Gasteiger partial charge in [-0.25, -0.2) is 4.98 Å². The molecule has 24 heavy (non-hydrogen) atoms. The fraction of sp³-hybridized carbons (Fsp3) is 0.158.